The summed E-state index contributed by atoms with van der Waals surface area (Å²) in [5.74, 6) is 0.339. The Labute approximate surface area is 190 Å². The average Bonchev–Trinajstić information content (AvgIpc) is 2.59. The van der Waals surface area contributed by atoms with Crippen molar-refractivity contribution in [1.82, 2.24) is 5.32 Å². The molecule has 0 fully saturated rings. The van der Waals surface area contributed by atoms with Gasteiger partial charge in [-0.25, -0.2) is 9.59 Å². The van der Waals surface area contributed by atoms with Gasteiger partial charge in [0.25, 0.3) is 10.8 Å². The molecule has 159 valence electrons. The molecule has 0 saturated heterocycles. The van der Waals surface area contributed by atoms with Crippen LogP contribution in [0.1, 0.15) is 26.2 Å². The molecule has 0 heterocycles. The number of hydrogen-bond donors (Lipinski definition) is 3. The van der Waals surface area contributed by atoms with E-state index >= 15 is 0 Å². The Balaban J connectivity index is 0. The monoisotopic (exact) mass is 492 g/mol. The summed E-state index contributed by atoms with van der Waals surface area (Å²) >= 11 is 0. The summed E-state index contributed by atoms with van der Waals surface area (Å²) in [5.41, 5.74) is -0.0799. The van der Waals surface area contributed by atoms with E-state index in [0.717, 1.165) is 12.8 Å². The predicted octanol–water partition coefficient (Wildman–Crippen LogP) is 2.83. The minimum atomic E-state index is -1.50. The van der Waals surface area contributed by atoms with Crippen LogP contribution in [0.5, 0.6) is 5.75 Å². The molecule has 1 aromatic rings. The zero-order valence-corrected chi connectivity index (χ0v) is 18.4. The fourth-order valence-corrected chi connectivity index (χ4v) is 1.88. The summed E-state index contributed by atoms with van der Waals surface area (Å²) in [7, 11) is 0. The van der Waals surface area contributed by atoms with Crippen molar-refractivity contribution >= 4 is 17.9 Å². The number of carbonyl (C=O) groups excluding carboxylic acids is 1. The van der Waals surface area contributed by atoms with Crippen molar-refractivity contribution in [1.29, 1.82) is 0 Å². The molecule has 0 saturated carbocycles. The molecule has 0 aliphatic carbocycles. The fraction of sp³-hybridized carbons (Fsp3) is 0.467. The van der Waals surface area contributed by atoms with Crippen LogP contribution in [0.25, 0.3) is 0 Å². The van der Waals surface area contributed by atoms with E-state index in [0.29, 0.717) is 13.0 Å². The number of nitrogens with one attached hydrogen (secondary N) is 1. The van der Waals surface area contributed by atoms with Gasteiger partial charge in [-0.15, -0.1) is 10.1 Å². The standard InChI is InChI=1S/C15H20N2O7.HNO3.Y/c1-11(10-23-15(19)20)4-2-3-9-16-14(18)24-13-7-5-12(6-8-13)17(21)22;2-1(3)4;/h5-8,11H,2-4,9-10H2,1H3,(H,16,18)(H,19,20);(H,2,3,4);. The van der Waals surface area contributed by atoms with Crippen molar-refractivity contribution in [2.24, 2.45) is 5.92 Å². The largest absolute Gasteiger partial charge is 0.505 e. The van der Waals surface area contributed by atoms with E-state index in [9.17, 15) is 19.7 Å². The van der Waals surface area contributed by atoms with Gasteiger partial charge in [0.05, 0.1) is 11.5 Å². The second-order valence-electron chi connectivity index (χ2n) is 5.48. The molecule has 13 nitrogen and oxygen atoms in total. The topological polar surface area (TPSA) is 191 Å². The molecule has 1 aromatic carbocycles. The molecule has 1 radical (unpaired) electrons. The molecule has 14 heteroatoms. The second kappa shape index (κ2) is 16.4. The van der Waals surface area contributed by atoms with E-state index in [-0.39, 0.29) is 56.7 Å². The Bertz CT molecular complexity index is 652. The van der Waals surface area contributed by atoms with Crippen LogP contribution in [-0.4, -0.2) is 45.7 Å². The summed E-state index contributed by atoms with van der Waals surface area (Å²) in [4.78, 5) is 40.1. The van der Waals surface area contributed by atoms with Crippen molar-refractivity contribution in [2.45, 2.75) is 26.2 Å². The van der Waals surface area contributed by atoms with Crippen LogP contribution < -0.4 is 10.1 Å². The number of unbranched alkanes of at least 4 members (excludes halogenated alkanes) is 1. The van der Waals surface area contributed by atoms with Gasteiger partial charge in [-0.3, -0.25) is 10.1 Å². The molecular weight excluding hydrogens is 471 g/mol. The minimum Gasteiger partial charge on any atom is -0.450 e. The molecule has 0 spiro atoms. The maximum absolute atomic E-state index is 11.6. The molecule has 0 aliphatic rings. The Morgan fingerprint density at radius 1 is 1.17 bits per heavy atom. The Kier molecular flexibility index (Phi) is 16.2. The van der Waals surface area contributed by atoms with Gasteiger partial charge in [0.2, 0.25) is 0 Å². The molecule has 1 atom stereocenters. The fourth-order valence-electron chi connectivity index (χ4n) is 1.88. The SMILES string of the molecule is CC(CCCCNC(=O)Oc1ccc([N+](=O)[O-])cc1)COC(=O)O.O=[N+]([O-])O.[Y]. The minimum absolute atomic E-state index is 0. The summed E-state index contributed by atoms with van der Waals surface area (Å²) < 4.78 is 9.46. The van der Waals surface area contributed by atoms with Crippen LogP contribution in [0, 0.1) is 26.1 Å². The first kappa shape index (κ1) is 28.7. The van der Waals surface area contributed by atoms with Crippen molar-refractivity contribution < 1.29 is 72.1 Å². The predicted molar refractivity (Wildman–Crippen MR) is 92.9 cm³/mol. The van der Waals surface area contributed by atoms with E-state index in [1.807, 2.05) is 6.92 Å². The first-order valence-corrected chi connectivity index (χ1v) is 8.01. The van der Waals surface area contributed by atoms with Gasteiger partial charge in [-0.1, -0.05) is 13.3 Å². The molecule has 1 unspecified atom stereocenters. The van der Waals surface area contributed by atoms with Crippen molar-refractivity contribution in [3.05, 3.63) is 44.5 Å². The number of nitrogens with zero attached hydrogens (tertiary/aromatic N) is 2. The Hall–Kier alpha value is -2.54. The molecule has 0 aliphatic heterocycles. The van der Waals surface area contributed by atoms with Crippen LogP contribution in [0.15, 0.2) is 24.3 Å². The van der Waals surface area contributed by atoms with Crippen LogP contribution in [0.3, 0.4) is 0 Å². The molecule has 29 heavy (non-hydrogen) atoms. The van der Waals surface area contributed by atoms with Crippen LogP contribution in [0.2, 0.25) is 0 Å². The summed E-state index contributed by atoms with van der Waals surface area (Å²) in [6, 6.07) is 5.20. The van der Waals surface area contributed by atoms with E-state index in [1.54, 1.807) is 0 Å². The summed E-state index contributed by atoms with van der Waals surface area (Å²) in [6.07, 6.45) is 0.393. The Morgan fingerprint density at radius 3 is 2.21 bits per heavy atom. The third-order valence-corrected chi connectivity index (χ3v) is 3.14. The number of rotatable bonds is 9. The normalized spacial score (nSPS) is 10.2. The third-order valence-electron chi connectivity index (χ3n) is 3.14. The van der Waals surface area contributed by atoms with Crippen LogP contribution >= 0.6 is 0 Å². The number of nitro groups is 1. The van der Waals surface area contributed by atoms with Gasteiger partial charge >= 0.3 is 12.2 Å². The van der Waals surface area contributed by atoms with Gasteiger partial charge < -0.3 is 25.1 Å². The average molecular weight is 492 g/mol. The van der Waals surface area contributed by atoms with Gasteiger partial charge in [-0.05, 0) is 30.9 Å². The van der Waals surface area contributed by atoms with Crippen LogP contribution in [-0.2, 0) is 37.4 Å². The van der Waals surface area contributed by atoms with Crippen molar-refractivity contribution in [3.8, 4) is 5.75 Å². The third kappa shape index (κ3) is 17.3. The quantitative estimate of drug-likeness (QED) is 0.200. The number of carboxylic acid groups (broad SMARTS) is 1. The number of ether oxygens (including phenoxy) is 2. The van der Waals surface area contributed by atoms with Crippen LogP contribution in [0.4, 0.5) is 15.3 Å². The smallest absolute Gasteiger partial charge is 0.450 e. The first-order chi connectivity index (χ1) is 13.1. The molecule has 1 amide bonds. The van der Waals surface area contributed by atoms with E-state index in [4.69, 9.17) is 25.2 Å². The van der Waals surface area contributed by atoms with E-state index in [1.165, 1.54) is 24.3 Å². The van der Waals surface area contributed by atoms with Gasteiger partial charge in [-0.2, -0.15) is 0 Å². The molecule has 0 bridgehead atoms. The molecule has 1 rings (SSSR count). The number of hydrogen-bond acceptors (Lipinski definition) is 8. The molecule has 3 N–H and O–H groups in total. The van der Waals surface area contributed by atoms with E-state index in [2.05, 4.69) is 10.1 Å². The number of carbonyl (C=O) groups is 2. The molecule has 0 aromatic heterocycles. The maximum Gasteiger partial charge on any atom is 0.505 e. The number of non-ortho nitro benzene ring substituents is 1. The number of nitro benzene ring substituents is 1. The number of benzene rings is 1. The van der Waals surface area contributed by atoms with Gasteiger partial charge in [0.1, 0.15) is 5.75 Å². The van der Waals surface area contributed by atoms with Gasteiger partial charge in [0.15, 0.2) is 0 Å². The summed E-state index contributed by atoms with van der Waals surface area (Å²) in [5, 5.41) is 35.1. The van der Waals surface area contributed by atoms with Gasteiger partial charge in [0, 0.05) is 51.4 Å². The first-order valence-electron chi connectivity index (χ1n) is 8.01. The van der Waals surface area contributed by atoms with Crippen molar-refractivity contribution in [3.63, 3.8) is 0 Å². The summed E-state index contributed by atoms with van der Waals surface area (Å²) in [6.45, 7) is 2.46. The Morgan fingerprint density at radius 2 is 1.72 bits per heavy atom. The zero-order valence-electron chi connectivity index (χ0n) is 15.6. The second-order valence-corrected chi connectivity index (χ2v) is 5.48. The number of amides is 1. The van der Waals surface area contributed by atoms with Crippen molar-refractivity contribution in [2.75, 3.05) is 13.2 Å². The van der Waals surface area contributed by atoms with E-state index < -0.39 is 22.3 Å². The maximum atomic E-state index is 11.6. The zero-order chi connectivity index (χ0) is 21.5. The molecular formula is C15H21N3O10Y.